The number of amides is 2. The molecule has 0 atom stereocenters. The molecular formula is C11H10ClF3N2O2. The number of hydrogen-bond donors (Lipinski definition) is 2. The zero-order valence-corrected chi connectivity index (χ0v) is 10.3. The van der Waals surface area contributed by atoms with Crippen molar-refractivity contribution in [3.8, 4) is 0 Å². The van der Waals surface area contributed by atoms with E-state index in [0.29, 0.717) is 10.6 Å². The Bertz CT molecular complexity index is 460. The highest BCUT2D eigenvalue weighted by molar-refractivity contribution is 6.30. The third kappa shape index (κ3) is 5.17. The number of carbonyl (C=O) groups is 2. The summed E-state index contributed by atoms with van der Waals surface area (Å²) in [5.74, 6) is -2.49. The first-order valence-electron chi connectivity index (χ1n) is 5.19. The lowest BCUT2D eigenvalue weighted by molar-refractivity contribution is -0.173. The normalized spacial score (nSPS) is 10.9. The molecule has 0 radical (unpaired) electrons. The van der Waals surface area contributed by atoms with Gasteiger partial charge in [0.05, 0.1) is 0 Å². The molecule has 0 aromatic heterocycles. The lowest BCUT2D eigenvalue weighted by Crippen LogP contribution is -2.41. The van der Waals surface area contributed by atoms with Gasteiger partial charge in [-0.2, -0.15) is 13.2 Å². The highest BCUT2D eigenvalue weighted by atomic mass is 35.5. The summed E-state index contributed by atoms with van der Waals surface area (Å²) in [5, 5.41) is 4.47. The number of carbonyl (C=O) groups excluding carboxylic acids is 2. The first-order chi connectivity index (χ1) is 8.80. The van der Waals surface area contributed by atoms with E-state index in [1.54, 1.807) is 5.32 Å². The van der Waals surface area contributed by atoms with Gasteiger partial charge in [-0.15, -0.1) is 0 Å². The van der Waals surface area contributed by atoms with E-state index in [0.717, 1.165) is 0 Å². The molecule has 0 fully saturated rings. The summed E-state index contributed by atoms with van der Waals surface area (Å²) in [6.45, 7) is -0.416. The fraction of sp³-hybridized carbons (Fsp3) is 0.273. The number of halogens is 4. The van der Waals surface area contributed by atoms with Crippen LogP contribution in [0.1, 0.15) is 10.4 Å². The summed E-state index contributed by atoms with van der Waals surface area (Å²) in [7, 11) is 0. The number of hydrogen-bond acceptors (Lipinski definition) is 2. The summed E-state index contributed by atoms with van der Waals surface area (Å²) in [6, 6.07) is 5.99. The average Bonchev–Trinajstić information content (AvgIpc) is 2.33. The summed E-state index contributed by atoms with van der Waals surface area (Å²) in [5.41, 5.74) is 0.326. The third-order valence-electron chi connectivity index (χ3n) is 2.06. The van der Waals surface area contributed by atoms with Gasteiger partial charge in [0.1, 0.15) is 0 Å². The Hall–Kier alpha value is -1.76. The molecule has 104 valence electrons. The van der Waals surface area contributed by atoms with Gasteiger partial charge in [0.2, 0.25) is 0 Å². The van der Waals surface area contributed by atoms with Crippen LogP contribution < -0.4 is 10.6 Å². The van der Waals surface area contributed by atoms with Crippen LogP contribution in [0.4, 0.5) is 13.2 Å². The molecule has 19 heavy (non-hydrogen) atoms. The van der Waals surface area contributed by atoms with Crippen molar-refractivity contribution in [2.75, 3.05) is 13.1 Å². The zero-order chi connectivity index (χ0) is 14.5. The van der Waals surface area contributed by atoms with Crippen molar-refractivity contribution in [1.82, 2.24) is 10.6 Å². The zero-order valence-electron chi connectivity index (χ0n) is 9.55. The predicted octanol–water partition coefficient (Wildman–Crippen LogP) is 1.75. The molecule has 1 rings (SSSR count). The highest BCUT2D eigenvalue weighted by Gasteiger charge is 2.38. The lowest BCUT2D eigenvalue weighted by Gasteiger charge is -2.08. The van der Waals surface area contributed by atoms with E-state index in [2.05, 4.69) is 5.32 Å². The van der Waals surface area contributed by atoms with E-state index in [1.807, 2.05) is 0 Å². The number of alkyl halides is 3. The number of benzene rings is 1. The molecule has 8 heteroatoms. The molecule has 0 unspecified atom stereocenters. The van der Waals surface area contributed by atoms with Crippen LogP contribution in [0.2, 0.25) is 5.02 Å². The maximum Gasteiger partial charge on any atom is 0.471 e. The van der Waals surface area contributed by atoms with Gasteiger partial charge in [-0.3, -0.25) is 9.59 Å². The van der Waals surface area contributed by atoms with Crippen LogP contribution in [0.15, 0.2) is 24.3 Å². The molecular weight excluding hydrogens is 285 g/mol. The van der Waals surface area contributed by atoms with Crippen molar-refractivity contribution in [2.24, 2.45) is 0 Å². The fourth-order valence-corrected chi connectivity index (χ4v) is 1.28. The summed E-state index contributed by atoms with van der Waals surface area (Å²) < 4.78 is 35.5. The van der Waals surface area contributed by atoms with E-state index in [1.165, 1.54) is 24.3 Å². The van der Waals surface area contributed by atoms with Crippen LogP contribution >= 0.6 is 11.6 Å². The van der Waals surface area contributed by atoms with Crippen LogP contribution in [-0.4, -0.2) is 31.1 Å². The minimum atomic E-state index is -4.92. The highest BCUT2D eigenvalue weighted by Crippen LogP contribution is 2.13. The monoisotopic (exact) mass is 294 g/mol. The lowest BCUT2D eigenvalue weighted by atomic mass is 10.2. The molecule has 0 spiro atoms. The largest absolute Gasteiger partial charge is 0.471 e. The van der Waals surface area contributed by atoms with Crippen LogP contribution in [0, 0.1) is 0 Å². The number of rotatable bonds is 4. The quantitative estimate of drug-likeness (QED) is 0.831. The molecule has 2 N–H and O–H groups in total. The molecule has 0 aliphatic carbocycles. The second kappa shape index (κ2) is 6.42. The Morgan fingerprint density at radius 2 is 1.58 bits per heavy atom. The molecule has 2 amide bonds. The first-order valence-corrected chi connectivity index (χ1v) is 5.57. The van der Waals surface area contributed by atoms with Crippen molar-refractivity contribution in [3.05, 3.63) is 34.9 Å². The maximum atomic E-state index is 11.8. The van der Waals surface area contributed by atoms with E-state index >= 15 is 0 Å². The van der Waals surface area contributed by atoms with Gasteiger partial charge in [0, 0.05) is 23.7 Å². The van der Waals surface area contributed by atoms with E-state index in [-0.39, 0.29) is 13.1 Å². The Labute approximate surface area is 111 Å². The van der Waals surface area contributed by atoms with Crippen molar-refractivity contribution in [2.45, 2.75) is 6.18 Å². The van der Waals surface area contributed by atoms with Gasteiger partial charge in [-0.1, -0.05) is 11.6 Å². The molecule has 1 aromatic rings. The van der Waals surface area contributed by atoms with Crippen molar-refractivity contribution in [3.63, 3.8) is 0 Å². The minimum Gasteiger partial charge on any atom is -0.350 e. The van der Waals surface area contributed by atoms with Crippen molar-refractivity contribution < 1.29 is 22.8 Å². The second-order valence-electron chi connectivity index (χ2n) is 3.52. The summed E-state index contributed by atoms with van der Waals surface area (Å²) >= 11 is 5.63. The second-order valence-corrected chi connectivity index (χ2v) is 3.95. The Morgan fingerprint density at radius 3 is 2.11 bits per heavy atom. The van der Waals surface area contributed by atoms with Crippen LogP contribution in [0.5, 0.6) is 0 Å². The topological polar surface area (TPSA) is 58.2 Å². The molecule has 1 aromatic carbocycles. The first kappa shape index (κ1) is 15.3. The van der Waals surface area contributed by atoms with Crippen LogP contribution in [0.25, 0.3) is 0 Å². The Balaban J connectivity index is 2.32. The van der Waals surface area contributed by atoms with Crippen molar-refractivity contribution in [1.29, 1.82) is 0 Å². The SMILES string of the molecule is O=C(NCCNC(=O)C(F)(F)F)c1ccc(Cl)cc1. The fourth-order valence-electron chi connectivity index (χ4n) is 1.16. The van der Waals surface area contributed by atoms with Crippen LogP contribution in [-0.2, 0) is 4.79 Å². The van der Waals surface area contributed by atoms with E-state index in [4.69, 9.17) is 11.6 Å². The van der Waals surface area contributed by atoms with Crippen LogP contribution in [0.3, 0.4) is 0 Å². The molecule has 0 aliphatic rings. The maximum absolute atomic E-state index is 11.8. The third-order valence-corrected chi connectivity index (χ3v) is 2.31. The molecule has 0 heterocycles. The Kier molecular flexibility index (Phi) is 5.17. The average molecular weight is 295 g/mol. The van der Waals surface area contributed by atoms with Crippen molar-refractivity contribution >= 4 is 23.4 Å². The van der Waals surface area contributed by atoms with E-state index in [9.17, 15) is 22.8 Å². The van der Waals surface area contributed by atoms with Gasteiger partial charge in [-0.25, -0.2) is 0 Å². The van der Waals surface area contributed by atoms with Gasteiger partial charge < -0.3 is 10.6 Å². The smallest absolute Gasteiger partial charge is 0.350 e. The van der Waals surface area contributed by atoms with Gasteiger partial charge >= 0.3 is 12.1 Å². The van der Waals surface area contributed by atoms with Gasteiger partial charge in [0.25, 0.3) is 5.91 Å². The molecule has 4 nitrogen and oxygen atoms in total. The number of nitrogens with one attached hydrogen (secondary N) is 2. The molecule has 0 saturated heterocycles. The standard InChI is InChI=1S/C11H10ClF3N2O2/c12-8-3-1-7(2-4-8)9(18)16-5-6-17-10(19)11(13,14)15/h1-4H,5-6H2,(H,16,18)(H,17,19). The molecule has 0 bridgehead atoms. The minimum absolute atomic E-state index is 0.108. The molecule has 0 aliphatic heterocycles. The Morgan fingerprint density at radius 1 is 1.05 bits per heavy atom. The van der Waals surface area contributed by atoms with Gasteiger partial charge in [-0.05, 0) is 24.3 Å². The summed E-state index contributed by atoms with van der Waals surface area (Å²) in [4.78, 5) is 22.0. The van der Waals surface area contributed by atoms with E-state index < -0.39 is 18.0 Å². The summed E-state index contributed by atoms with van der Waals surface area (Å²) in [6.07, 6.45) is -4.92. The van der Waals surface area contributed by atoms with Gasteiger partial charge in [0.15, 0.2) is 0 Å². The molecule has 0 saturated carbocycles. The predicted molar refractivity (Wildman–Crippen MR) is 62.8 cm³/mol.